The molecule has 0 saturated heterocycles. The summed E-state index contributed by atoms with van der Waals surface area (Å²) in [7, 11) is 0. The Morgan fingerprint density at radius 2 is 2.21 bits per heavy atom. The van der Waals surface area contributed by atoms with Crippen LogP contribution in [0.2, 0.25) is 0 Å². The summed E-state index contributed by atoms with van der Waals surface area (Å²) in [5, 5.41) is 1.98. The van der Waals surface area contributed by atoms with Crippen molar-refractivity contribution in [3.05, 3.63) is 50.9 Å². The van der Waals surface area contributed by atoms with E-state index in [0.29, 0.717) is 13.0 Å². The zero-order valence-corrected chi connectivity index (χ0v) is 12.9. The first-order valence-electron chi connectivity index (χ1n) is 5.93. The van der Waals surface area contributed by atoms with E-state index in [1.54, 1.807) is 23.7 Å². The molecule has 0 unspecified atom stereocenters. The number of pyridine rings is 1. The molecule has 0 saturated carbocycles. The maximum atomic E-state index is 11.8. The van der Waals surface area contributed by atoms with Crippen molar-refractivity contribution >= 4 is 33.2 Å². The van der Waals surface area contributed by atoms with Gasteiger partial charge in [-0.25, -0.2) is 0 Å². The molecular formula is C14H14BrNO2S. The molecular weight excluding hydrogens is 326 g/mol. The van der Waals surface area contributed by atoms with Gasteiger partial charge >= 0.3 is 5.97 Å². The number of esters is 1. The quantitative estimate of drug-likeness (QED) is 0.768. The average molecular weight is 340 g/mol. The van der Waals surface area contributed by atoms with Crippen molar-refractivity contribution in [3.63, 3.8) is 0 Å². The summed E-state index contributed by atoms with van der Waals surface area (Å²) in [5.41, 5.74) is 2.12. The normalized spacial score (nSPS) is 12.1. The second kappa shape index (κ2) is 6.82. The number of nitrogens with zero attached hydrogens (tertiary/aromatic N) is 1. The molecule has 2 aromatic rings. The van der Waals surface area contributed by atoms with Crippen LogP contribution in [0, 0.1) is 0 Å². The standard InChI is InChI=1S/C14H14BrNO2S/c1-10(12-2-4-16-5-3-12)6-14(17)18-8-11-7-13(15)19-9-11/h2-5,7,9-10H,6,8H2,1H3/t10-/m0/s1. The number of thiophene rings is 1. The molecule has 0 aliphatic rings. The van der Waals surface area contributed by atoms with Crippen molar-refractivity contribution in [1.82, 2.24) is 4.98 Å². The van der Waals surface area contributed by atoms with E-state index >= 15 is 0 Å². The highest BCUT2D eigenvalue weighted by molar-refractivity contribution is 9.11. The number of aromatic nitrogens is 1. The van der Waals surface area contributed by atoms with Gasteiger partial charge in [0.05, 0.1) is 10.2 Å². The molecule has 2 heterocycles. The molecule has 0 bridgehead atoms. The zero-order valence-electron chi connectivity index (χ0n) is 10.5. The van der Waals surface area contributed by atoms with E-state index in [2.05, 4.69) is 20.9 Å². The van der Waals surface area contributed by atoms with Gasteiger partial charge in [0.25, 0.3) is 0 Å². The minimum absolute atomic E-state index is 0.143. The number of ether oxygens (including phenoxy) is 1. The molecule has 0 amide bonds. The van der Waals surface area contributed by atoms with Crippen LogP contribution in [0.25, 0.3) is 0 Å². The Kier molecular flexibility index (Phi) is 5.10. The molecule has 100 valence electrons. The van der Waals surface area contributed by atoms with E-state index in [4.69, 9.17) is 4.74 Å². The van der Waals surface area contributed by atoms with Crippen LogP contribution in [0.15, 0.2) is 39.8 Å². The van der Waals surface area contributed by atoms with Gasteiger partial charge in [-0.05, 0) is 51.0 Å². The van der Waals surface area contributed by atoms with Gasteiger partial charge in [-0.3, -0.25) is 9.78 Å². The maximum Gasteiger partial charge on any atom is 0.306 e. The number of halogens is 1. The molecule has 2 rings (SSSR count). The smallest absolute Gasteiger partial charge is 0.306 e. The largest absolute Gasteiger partial charge is 0.461 e. The molecule has 19 heavy (non-hydrogen) atoms. The van der Waals surface area contributed by atoms with Crippen LogP contribution in [0.5, 0.6) is 0 Å². The molecule has 0 N–H and O–H groups in total. The lowest BCUT2D eigenvalue weighted by atomic mass is 9.99. The van der Waals surface area contributed by atoms with Crippen molar-refractivity contribution in [3.8, 4) is 0 Å². The molecule has 0 aliphatic carbocycles. The third-order valence-corrected chi connectivity index (χ3v) is 4.32. The monoisotopic (exact) mass is 339 g/mol. The highest BCUT2D eigenvalue weighted by Crippen LogP contribution is 2.22. The number of carbonyl (C=O) groups is 1. The van der Waals surface area contributed by atoms with Gasteiger partial charge in [0.1, 0.15) is 6.61 Å². The summed E-state index contributed by atoms with van der Waals surface area (Å²) in [5.74, 6) is -0.0312. The molecule has 5 heteroatoms. The number of carbonyl (C=O) groups excluding carboxylic acids is 1. The van der Waals surface area contributed by atoms with Crippen molar-refractivity contribution < 1.29 is 9.53 Å². The van der Waals surface area contributed by atoms with Gasteiger partial charge in [-0.15, -0.1) is 11.3 Å². The molecule has 1 atom stereocenters. The van der Waals surface area contributed by atoms with E-state index in [0.717, 1.165) is 14.9 Å². The summed E-state index contributed by atoms with van der Waals surface area (Å²) < 4.78 is 6.31. The summed E-state index contributed by atoms with van der Waals surface area (Å²) in [6.45, 7) is 2.35. The van der Waals surface area contributed by atoms with Crippen molar-refractivity contribution in [1.29, 1.82) is 0 Å². The molecule has 0 radical (unpaired) electrons. The fourth-order valence-electron chi connectivity index (χ4n) is 1.70. The predicted octanol–water partition coefficient (Wildman–Crippen LogP) is 4.14. The SMILES string of the molecule is C[C@@H](CC(=O)OCc1csc(Br)c1)c1ccncc1. The second-order valence-electron chi connectivity index (χ2n) is 4.31. The lowest BCUT2D eigenvalue weighted by molar-refractivity contribution is -0.145. The molecule has 0 aliphatic heterocycles. The third kappa shape index (κ3) is 4.44. The van der Waals surface area contributed by atoms with Crippen LogP contribution < -0.4 is 0 Å². The molecule has 2 aromatic heterocycles. The van der Waals surface area contributed by atoms with Crippen LogP contribution in [0.4, 0.5) is 0 Å². The van der Waals surface area contributed by atoms with Crippen molar-refractivity contribution in [2.45, 2.75) is 25.9 Å². The summed E-state index contributed by atoms with van der Waals surface area (Å²) in [6, 6.07) is 5.81. The van der Waals surface area contributed by atoms with Gasteiger partial charge < -0.3 is 4.74 Å². The summed E-state index contributed by atoms with van der Waals surface area (Å²) in [4.78, 5) is 15.7. The topological polar surface area (TPSA) is 39.2 Å². The van der Waals surface area contributed by atoms with Crippen LogP contribution in [-0.2, 0) is 16.1 Å². The second-order valence-corrected chi connectivity index (χ2v) is 6.60. The van der Waals surface area contributed by atoms with Crippen molar-refractivity contribution in [2.24, 2.45) is 0 Å². The fourth-order valence-corrected chi connectivity index (χ4v) is 2.90. The van der Waals surface area contributed by atoms with E-state index in [-0.39, 0.29) is 11.9 Å². The fraction of sp³-hybridized carbons (Fsp3) is 0.286. The first kappa shape index (κ1) is 14.2. The highest BCUT2D eigenvalue weighted by Gasteiger charge is 2.12. The van der Waals surface area contributed by atoms with E-state index in [1.165, 1.54) is 0 Å². The number of hydrogen-bond acceptors (Lipinski definition) is 4. The third-order valence-electron chi connectivity index (χ3n) is 2.77. The molecule has 0 aromatic carbocycles. The highest BCUT2D eigenvalue weighted by atomic mass is 79.9. The van der Waals surface area contributed by atoms with Gasteiger partial charge in [-0.2, -0.15) is 0 Å². The lowest BCUT2D eigenvalue weighted by Gasteiger charge is -2.10. The van der Waals surface area contributed by atoms with Crippen LogP contribution in [-0.4, -0.2) is 11.0 Å². The van der Waals surface area contributed by atoms with Crippen LogP contribution in [0.1, 0.15) is 30.4 Å². The number of rotatable bonds is 5. The lowest BCUT2D eigenvalue weighted by Crippen LogP contribution is -2.08. The van der Waals surface area contributed by atoms with Crippen molar-refractivity contribution in [2.75, 3.05) is 0 Å². The molecule has 0 fully saturated rings. The Bertz CT molecular complexity index is 541. The Balaban J connectivity index is 1.81. The Hall–Kier alpha value is -1.20. The molecule has 3 nitrogen and oxygen atoms in total. The van der Waals surface area contributed by atoms with E-state index < -0.39 is 0 Å². The predicted molar refractivity (Wildman–Crippen MR) is 79.1 cm³/mol. The Labute approximate surface area is 124 Å². The van der Waals surface area contributed by atoms with E-state index in [1.807, 2.05) is 30.5 Å². The maximum absolute atomic E-state index is 11.8. The van der Waals surface area contributed by atoms with Gasteiger partial charge in [0.2, 0.25) is 0 Å². The van der Waals surface area contributed by atoms with Gasteiger partial charge in [0, 0.05) is 18.0 Å². The van der Waals surface area contributed by atoms with Crippen LogP contribution >= 0.6 is 27.3 Å². The Morgan fingerprint density at radius 3 is 2.84 bits per heavy atom. The first-order chi connectivity index (χ1) is 9.15. The summed E-state index contributed by atoms with van der Waals surface area (Å²) >= 11 is 4.97. The zero-order chi connectivity index (χ0) is 13.7. The minimum Gasteiger partial charge on any atom is -0.461 e. The Morgan fingerprint density at radius 1 is 1.47 bits per heavy atom. The summed E-state index contributed by atoms with van der Waals surface area (Å²) in [6.07, 6.45) is 3.86. The first-order valence-corrected chi connectivity index (χ1v) is 7.61. The number of hydrogen-bond donors (Lipinski definition) is 0. The minimum atomic E-state index is -0.174. The van der Waals surface area contributed by atoms with E-state index in [9.17, 15) is 4.79 Å². The van der Waals surface area contributed by atoms with Gasteiger partial charge in [-0.1, -0.05) is 6.92 Å². The molecule has 0 spiro atoms. The average Bonchev–Trinajstić information content (AvgIpc) is 2.83. The van der Waals surface area contributed by atoms with Gasteiger partial charge in [0.15, 0.2) is 0 Å². The van der Waals surface area contributed by atoms with Crippen LogP contribution in [0.3, 0.4) is 0 Å².